The van der Waals surface area contributed by atoms with E-state index in [0.29, 0.717) is 5.56 Å². The molecule has 0 unspecified atom stereocenters. The molecule has 0 bridgehead atoms. The average molecular weight is 488 g/mol. The van der Waals surface area contributed by atoms with E-state index in [-0.39, 0.29) is 0 Å². The summed E-state index contributed by atoms with van der Waals surface area (Å²) in [6, 6.07) is 47.4. The summed E-state index contributed by atoms with van der Waals surface area (Å²) in [5.74, 6) is 0. The van der Waals surface area contributed by atoms with Gasteiger partial charge in [-0.05, 0) is 74.5 Å². The second-order valence-electron chi connectivity index (χ2n) is 9.33. The lowest BCUT2D eigenvalue weighted by Gasteiger charge is -2.09. The predicted octanol–water partition coefficient (Wildman–Crippen LogP) is 10.1. The van der Waals surface area contributed by atoms with Gasteiger partial charge in [-0.3, -0.25) is 0 Å². The van der Waals surface area contributed by atoms with Crippen LogP contribution in [0.2, 0.25) is 0 Å². The lowest BCUT2D eigenvalue weighted by atomic mass is 9.95. The monoisotopic (exact) mass is 487 g/mol. The van der Waals surface area contributed by atoms with E-state index < -0.39 is 0 Å². The molecule has 1 nitrogen and oxygen atoms in total. The van der Waals surface area contributed by atoms with Crippen molar-refractivity contribution < 1.29 is 0 Å². The first-order chi connectivity index (χ1) is 18.3. The third-order valence-electron chi connectivity index (χ3n) is 7.10. The van der Waals surface area contributed by atoms with Crippen LogP contribution in [0.3, 0.4) is 0 Å². The fraction of sp³-hybridized carbons (Fsp3) is 0. The zero-order valence-corrected chi connectivity index (χ0v) is 20.8. The van der Waals surface area contributed by atoms with E-state index in [0.717, 1.165) is 10.8 Å². The van der Waals surface area contributed by atoms with Gasteiger partial charge >= 0.3 is 0 Å². The second kappa shape index (κ2) is 8.75. The van der Waals surface area contributed by atoms with Gasteiger partial charge in [0.05, 0.1) is 11.6 Å². The number of nitriles is 1. The van der Waals surface area contributed by atoms with E-state index >= 15 is 0 Å². The van der Waals surface area contributed by atoms with Crippen LogP contribution < -0.4 is 0 Å². The number of hydrogen-bond acceptors (Lipinski definition) is 2. The number of benzene rings is 6. The number of nitrogens with zero attached hydrogens (tertiary/aromatic N) is 1. The highest BCUT2D eigenvalue weighted by molar-refractivity contribution is 7.26. The van der Waals surface area contributed by atoms with E-state index in [1.165, 1.54) is 53.6 Å². The summed E-state index contributed by atoms with van der Waals surface area (Å²) in [4.78, 5) is 0. The van der Waals surface area contributed by atoms with Crippen LogP contribution in [0.5, 0.6) is 0 Å². The predicted molar refractivity (Wildman–Crippen MR) is 158 cm³/mol. The third-order valence-corrected chi connectivity index (χ3v) is 8.32. The molecule has 0 atom stereocenters. The van der Waals surface area contributed by atoms with Crippen molar-refractivity contribution >= 4 is 42.3 Å². The van der Waals surface area contributed by atoms with Crippen LogP contribution in [0.25, 0.3) is 64.3 Å². The molecule has 0 aliphatic heterocycles. The second-order valence-corrected chi connectivity index (χ2v) is 10.4. The highest BCUT2D eigenvalue weighted by Gasteiger charge is 2.10. The molecule has 37 heavy (non-hydrogen) atoms. The van der Waals surface area contributed by atoms with Crippen LogP contribution in [0.15, 0.2) is 127 Å². The van der Waals surface area contributed by atoms with Crippen molar-refractivity contribution in [2.24, 2.45) is 0 Å². The Morgan fingerprint density at radius 1 is 0.486 bits per heavy atom. The van der Waals surface area contributed by atoms with Crippen molar-refractivity contribution in [3.05, 3.63) is 133 Å². The molecule has 0 fully saturated rings. The molecule has 0 saturated heterocycles. The summed E-state index contributed by atoms with van der Waals surface area (Å²) in [5.41, 5.74) is 7.97. The van der Waals surface area contributed by atoms with E-state index in [9.17, 15) is 5.26 Å². The maximum Gasteiger partial charge on any atom is 0.0991 e. The summed E-state index contributed by atoms with van der Waals surface area (Å²) in [5, 5.41) is 14.1. The third kappa shape index (κ3) is 3.78. The number of thiophene rings is 1. The number of rotatable bonds is 3. The first kappa shape index (κ1) is 21.6. The van der Waals surface area contributed by atoms with Gasteiger partial charge in [0.2, 0.25) is 0 Å². The van der Waals surface area contributed by atoms with Gasteiger partial charge in [0, 0.05) is 20.2 Å². The summed E-state index contributed by atoms with van der Waals surface area (Å²) in [6.07, 6.45) is 0. The summed E-state index contributed by atoms with van der Waals surface area (Å²) >= 11 is 1.87. The van der Waals surface area contributed by atoms with Gasteiger partial charge in [-0.1, -0.05) is 97.1 Å². The topological polar surface area (TPSA) is 23.8 Å². The molecule has 2 heteroatoms. The molecule has 6 aromatic carbocycles. The van der Waals surface area contributed by atoms with Crippen molar-refractivity contribution in [3.63, 3.8) is 0 Å². The zero-order valence-electron chi connectivity index (χ0n) is 20.0. The minimum absolute atomic E-state index is 0.689. The van der Waals surface area contributed by atoms with Crippen LogP contribution in [0, 0.1) is 11.3 Å². The maximum absolute atomic E-state index is 9.18. The van der Waals surface area contributed by atoms with Crippen molar-refractivity contribution in [2.45, 2.75) is 0 Å². The van der Waals surface area contributed by atoms with Crippen LogP contribution in [0.1, 0.15) is 5.56 Å². The standard InChI is InChI=1S/C35H21NS/c36-22-23-11-12-29-21-30(18-17-28(29)19-23)27-6-3-5-26(20-27)24-13-15-25(16-14-24)31-8-4-9-33-32-7-1-2-10-34(32)37-35(31)33/h1-21H. The summed E-state index contributed by atoms with van der Waals surface area (Å²) in [6.45, 7) is 0. The molecule has 0 aliphatic carbocycles. The van der Waals surface area contributed by atoms with Crippen LogP contribution in [0.4, 0.5) is 0 Å². The number of fused-ring (bicyclic) bond motifs is 4. The van der Waals surface area contributed by atoms with Gasteiger partial charge in [0.1, 0.15) is 0 Å². The molecule has 172 valence electrons. The molecular formula is C35H21NS. The fourth-order valence-electron chi connectivity index (χ4n) is 5.19. The number of hydrogen-bond donors (Lipinski definition) is 0. The molecule has 0 radical (unpaired) electrons. The molecular weight excluding hydrogens is 466 g/mol. The fourth-order valence-corrected chi connectivity index (χ4v) is 6.43. The molecule has 1 heterocycles. The minimum atomic E-state index is 0.689. The van der Waals surface area contributed by atoms with Crippen LogP contribution in [-0.2, 0) is 0 Å². The van der Waals surface area contributed by atoms with Gasteiger partial charge in [0.15, 0.2) is 0 Å². The molecule has 0 amide bonds. The van der Waals surface area contributed by atoms with Gasteiger partial charge < -0.3 is 0 Å². The Balaban J connectivity index is 1.24. The molecule has 0 N–H and O–H groups in total. The molecule has 7 aromatic rings. The smallest absolute Gasteiger partial charge is 0.0991 e. The Morgan fingerprint density at radius 2 is 1.14 bits per heavy atom. The van der Waals surface area contributed by atoms with Crippen molar-refractivity contribution in [1.29, 1.82) is 5.26 Å². The Kier molecular flexibility index (Phi) is 5.10. The Bertz CT molecular complexity index is 1990. The normalized spacial score (nSPS) is 11.2. The van der Waals surface area contributed by atoms with E-state index in [4.69, 9.17) is 0 Å². The Morgan fingerprint density at radius 3 is 2.00 bits per heavy atom. The first-order valence-corrected chi connectivity index (χ1v) is 13.1. The Hall–Kier alpha value is -4.71. The maximum atomic E-state index is 9.18. The SMILES string of the molecule is N#Cc1ccc2cc(-c3cccc(-c4ccc(-c5cccc6c5sc5ccccc56)cc4)c3)ccc2c1. The first-order valence-electron chi connectivity index (χ1n) is 12.3. The highest BCUT2D eigenvalue weighted by atomic mass is 32.1. The van der Waals surface area contributed by atoms with Crippen LogP contribution >= 0.6 is 11.3 Å². The van der Waals surface area contributed by atoms with E-state index in [1.807, 2.05) is 29.5 Å². The molecule has 0 aliphatic rings. The lowest BCUT2D eigenvalue weighted by Crippen LogP contribution is -1.84. The van der Waals surface area contributed by atoms with E-state index in [2.05, 4.69) is 115 Å². The van der Waals surface area contributed by atoms with Gasteiger partial charge in [-0.15, -0.1) is 11.3 Å². The highest BCUT2D eigenvalue weighted by Crippen LogP contribution is 2.40. The van der Waals surface area contributed by atoms with Gasteiger partial charge in [0.25, 0.3) is 0 Å². The molecule has 0 saturated carbocycles. The largest absolute Gasteiger partial charge is 0.192 e. The Labute approximate surface area is 219 Å². The van der Waals surface area contributed by atoms with Crippen molar-refractivity contribution in [3.8, 4) is 39.4 Å². The lowest BCUT2D eigenvalue weighted by molar-refractivity contribution is 1.50. The zero-order chi connectivity index (χ0) is 24.8. The minimum Gasteiger partial charge on any atom is -0.192 e. The molecule has 0 spiro atoms. The van der Waals surface area contributed by atoms with Crippen LogP contribution in [-0.4, -0.2) is 0 Å². The van der Waals surface area contributed by atoms with Gasteiger partial charge in [-0.2, -0.15) is 5.26 Å². The van der Waals surface area contributed by atoms with Gasteiger partial charge in [-0.25, -0.2) is 0 Å². The van der Waals surface area contributed by atoms with Crippen molar-refractivity contribution in [2.75, 3.05) is 0 Å². The molecule has 7 rings (SSSR count). The van der Waals surface area contributed by atoms with E-state index in [1.54, 1.807) is 0 Å². The quantitative estimate of drug-likeness (QED) is 0.243. The van der Waals surface area contributed by atoms with Crippen molar-refractivity contribution in [1.82, 2.24) is 0 Å². The summed E-state index contributed by atoms with van der Waals surface area (Å²) in [7, 11) is 0. The summed E-state index contributed by atoms with van der Waals surface area (Å²) < 4.78 is 2.68. The average Bonchev–Trinajstić information content (AvgIpc) is 3.36. The molecule has 1 aromatic heterocycles.